The van der Waals surface area contributed by atoms with Crippen LogP contribution in [0.4, 0.5) is 0 Å². The van der Waals surface area contributed by atoms with Crippen LogP contribution in [0.3, 0.4) is 0 Å². The van der Waals surface area contributed by atoms with Crippen molar-refractivity contribution in [2.75, 3.05) is 0 Å². The van der Waals surface area contributed by atoms with E-state index in [0.29, 0.717) is 13.0 Å². The molecule has 0 unspecified atom stereocenters. The van der Waals surface area contributed by atoms with Gasteiger partial charge in [0.1, 0.15) is 0 Å². The molecule has 0 spiro atoms. The largest absolute Gasteiger partial charge is 0.352 e. The Morgan fingerprint density at radius 2 is 1.85 bits per heavy atom. The van der Waals surface area contributed by atoms with E-state index in [1.807, 2.05) is 30.3 Å². The minimum Gasteiger partial charge on any atom is -0.352 e. The lowest BCUT2D eigenvalue weighted by molar-refractivity contribution is -0.121. The third-order valence-electron chi connectivity index (χ3n) is 4.85. The van der Waals surface area contributed by atoms with Crippen LogP contribution in [0.15, 0.2) is 60.8 Å². The number of nitrogens with zero attached hydrogens (tertiary/aromatic N) is 1. The predicted molar refractivity (Wildman–Crippen MR) is 101 cm³/mol. The number of aromatic nitrogens is 2. The van der Waals surface area contributed by atoms with E-state index >= 15 is 0 Å². The number of amides is 1. The van der Waals surface area contributed by atoms with Crippen LogP contribution in [-0.4, -0.2) is 22.1 Å². The average molecular weight is 346 g/mol. The number of nitrogens with one attached hydrogen (secondary N) is 3. The van der Waals surface area contributed by atoms with Crippen LogP contribution in [0.25, 0.3) is 11.3 Å². The quantitative estimate of drug-likeness (QED) is 0.665. The Balaban J connectivity index is 1.34. The summed E-state index contributed by atoms with van der Waals surface area (Å²) in [5.41, 5.74) is 5.68. The lowest BCUT2D eigenvalue weighted by Crippen LogP contribution is -2.39. The first-order chi connectivity index (χ1) is 12.8. The van der Waals surface area contributed by atoms with Crippen LogP contribution >= 0.6 is 0 Å². The standard InChI is InChI=1S/C21H22N4O/c26-20(11-19-10-16-8-4-5-9-17(16)12-22-19)23-13-18-14-24-25-21(18)15-6-2-1-3-7-15/h1-9,14,19,22H,10-13H2,(H,23,26)(H,24,25)/t19-/m0/s1. The topological polar surface area (TPSA) is 69.8 Å². The number of benzene rings is 2. The summed E-state index contributed by atoms with van der Waals surface area (Å²) >= 11 is 0. The highest BCUT2D eigenvalue weighted by Gasteiger charge is 2.20. The van der Waals surface area contributed by atoms with E-state index in [4.69, 9.17) is 0 Å². The van der Waals surface area contributed by atoms with Gasteiger partial charge in [0.15, 0.2) is 0 Å². The van der Waals surface area contributed by atoms with Gasteiger partial charge in [0.05, 0.1) is 11.9 Å². The van der Waals surface area contributed by atoms with Gasteiger partial charge in [-0.15, -0.1) is 0 Å². The second-order valence-corrected chi connectivity index (χ2v) is 6.67. The van der Waals surface area contributed by atoms with Crippen molar-refractivity contribution in [3.8, 4) is 11.3 Å². The molecule has 5 nitrogen and oxygen atoms in total. The van der Waals surface area contributed by atoms with Crippen LogP contribution in [0, 0.1) is 0 Å². The van der Waals surface area contributed by atoms with E-state index in [1.165, 1.54) is 11.1 Å². The van der Waals surface area contributed by atoms with Crippen LogP contribution in [0.1, 0.15) is 23.1 Å². The molecule has 0 saturated heterocycles. The molecule has 1 aliphatic rings. The van der Waals surface area contributed by atoms with Crippen LogP contribution in [-0.2, 0) is 24.3 Å². The van der Waals surface area contributed by atoms with Crippen molar-refractivity contribution >= 4 is 5.91 Å². The molecule has 132 valence electrons. The highest BCUT2D eigenvalue weighted by Crippen LogP contribution is 2.21. The summed E-state index contributed by atoms with van der Waals surface area (Å²) in [7, 11) is 0. The second kappa shape index (κ2) is 7.54. The van der Waals surface area contributed by atoms with Gasteiger partial charge in [-0.2, -0.15) is 5.10 Å². The lowest BCUT2D eigenvalue weighted by Gasteiger charge is -2.25. The average Bonchev–Trinajstić information content (AvgIpc) is 3.16. The molecule has 4 rings (SSSR count). The van der Waals surface area contributed by atoms with Gasteiger partial charge >= 0.3 is 0 Å². The number of fused-ring (bicyclic) bond motifs is 1. The number of hydrogen-bond donors (Lipinski definition) is 3. The molecule has 0 saturated carbocycles. The molecule has 26 heavy (non-hydrogen) atoms. The zero-order chi connectivity index (χ0) is 17.8. The van der Waals surface area contributed by atoms with E-state index in [0.717, 1.165) is 29.8 Å². The second-order valence-electron chi connectivity index (χ2n) is 6.67. The molecule has 5 heteroatoms. The number of aromatic amines is 1. The molecule has 1 aromatic heterocycles. The maximum absolute atomic E-state index is 12.4. The van der Waals surface area contributed by atoms with Gasteiger partial charge in [0, 0.05) is 31.1 Å². The van der Waals surface area contributed by atoms with Crippen molar-refractivity contribution in [2.24, 2.45) is 0 Å². The van der Waals surface area contributed by atoms with Crippen molar-refractivity contribution in [3.05, 3.63) is 77.5 Å². The van der Waals surface area contributed by atoms with Gasteiger partial charge in [-0.1, -0.05) is 54.6 Å². The Morgan fingerprint density at radius 3 is 2.69 bits per heavy atom. The number of rotatable bonds is 5. The Bertz CT molecular complexity index is 888. The first kappa shape index (κ1) is 16.5. The molecule has 3 aromatic rings. The highest BCUT2D eigenvalue weighted by atomic mass is 16.1. The summed E-state index contributed by atoms with van der Waals surface area (Å²) in [6.45, 7) is 1.30. The molecular weight excluding hydrogens is 324 g/mol. The third-order valence-corrected chi connectivity index (χ3v) is 4.85. The Hall–Kier alpha value is -2.92. The van der Waals surface area contributed by atoms with Gasteiger partial charge < -0.3 is 10.6 Å². The predicted octanol–water partition coefficient (Wildman–Crippen LogP) is 2.80. The van der Waals surface area contributed by atoms with Gasteiger partial charge in [0.25, 0.3) is 0 Å². The normalized spacial score (nSPS) is 16.1. The number of carbonyl (C=O) groups is 1. The molecule has 2 aromatic carbocycles. The molecule has 0 bridgehead atoms. The number of hydrogen-bond acceptors (Lipinski definition) is 3. The molecular formula is C21H22N4O. The van der Waals surface area contributed by atoms with Gasteiger partial charge in [-0.3, -0.25) is 9.89 Å². The minimum atomic E-state index is 0.0575. The SMILES string of the molecule is O=C(C[C@@H]1Cc2ccccc2CN1)NCc1cn[nH]c1-c1ccccc1. The molecule has 1 amide bonds. The van der Waals surface area contributed by atoms with E-state index < -0.39 is 0 Å². The zero-order valence-electron chi connectivity index (χ0n) is 14.5. The first-order valence-corrected chi connectivity index (χ1v) is 8.94. The van der Waals surface area contributed by atoms with Gasteiger partial charge in [-0.25, -0.2) is 0 Å². The van der Waals surface area contributed by atoms with Gasteiger partial charge in [0.2, 0.25) is 5.91 Å². The van der Waals surface area contributed by atoms with Crippen molar-refractivity contribution in [1.82, 2.24) is 20.8 Å². The summed E-state index contributed by atoms with van der Waals surface area (Å²) in [5.74, 6) is 0.0575. The fraction of sp³-hybridized carbons (Fsp3) is 0.238. The van der Waals surface area contributed by atoms with E-state index in [9.17, 15) is 4.79 Å². The number of H-pyrrole nitrogens is 1. The Morgan fingerprint density at radius 1 is 1.08 bits per heavy atom. The molecule has 3 N–H and O–H groups in total. The minimum absolute atomic E-state index is 0.0575. The van der Waals surface area contributed by atoms with Crippen LogP contribution in [0.5, 0.6) is 0 Å². The summed E-state index contributed by atoms with van der Waals surface area (Å²) < 4.78 is 0. The Labute approximate surface area is 152 Å². The van der Waals surface area contributed by atoms with Crippen LogP contribution in [0.2, 0.25) is 0 Å². The highest BCUT2D eigenvalue weighted by molar-refractivity contribution is 5.77. The van der Waals surface area contributed by atoms with Crippen molar-refractivity contribution < 1.29 is 4.79 Å². The third kappa shape index (κ3) is 3.68. The smallest absolute Gasteiger partial charge is 0.221 e. The summed E-state index contributed by atoms with van der Waals surface area (Å²) in [5, 5.41) is 13.6. The molecule has 0 radical (unpaired) electrons. The first-order valence-electron chi connectivity index (χ1n) is 8.94. The zero-order valence-corrected chi connectivity index (χ0v) is 14.5. The van der Waals surface area contributed by atoms with Gasteiger partial charge in [-0.05, 0) is 23.1 Å². The van der Waals surface area contributed by atoms with Crippen LogP contribution < -0.4 is 10.6 Å². The van der Waals surface area contributed by atoms with Crippen molar-refractivity contribution in [2.45, 2.75) is 32.0 Å². The summed E-state index contributed by atoms with van der Waals surface area (Å²) in [6.07, 6.45) is 3.15. The van der Waals surface area contributed by atoms with E-state index in [2.05, 4.69) is 45.1 Å². The fourth-order valence-electron chi connectivity index (χ4n) is 3.46. The molecule has 2 heterocycles. The Kier molecular flexibility index (Phi) is 4.80. The monoisotopic (exact) mass is 346 g/mol. The number of carbonyl (C=O) groups excluding carboxylic acids is 1. The summed E-state index contributed by atoms with van der Waals surface area (Å²) in [4.78, 5) is 12.4. The van der Waals surface area contributed by atoms with Crippen molar-refractivity contribution in [3.63, 3.8) is 0 Å². The maximum Gasteiger partial charge on any atom is 0.221 e. The molecule has 1 aliphatic heterocycles. The molecule has 0 aliphatic carbocycles. The molecule has 0 fully saturated rings. The van der Waals surface area contributed by atoms with Crippen molar-refractivity contribution in [1.29, 1.82) is 0 Å². The van der Waals surface area contributed by atoms with E-state index in [-0.39, 0.29) is 11.9 Å². The maximum atomic E-state index is 12.4. The fourth-order valence-corrected chi connectivity index (χ4v) is 3.46. The lowest BCUT2D eigenvalue weighted by atomic mass is 9.94. The summed E-state index contributed by atoms with van der Waals surface area (Å²) in [6, 6.07) is 18.6. The molecule has 1 atom stereocenters. The van der Waals surface area contributed by atoms with E-state index in [1.54, 1.807) is 6.20 Å².